The van der Waals surface area contributed by atoms with Gasteiger partial charge in [-0.1, -0.05) is 6.07 Å². The molecule has 3 aromatic rings. The Morgan fingerprint density at radius 1 is 1.33 bits per heavy atom. The minimum Gasteiger partial charge on any atom is -0.372 e. The van der Waals surface area contributed by atoms with Gasteiger partial charge in [-0.15, -0.1) is 0 Å². The Balaban J connectivity index is 1.84. The van der Waals surface area contributed by atoms with Crippen molar-refractivity contribution in [2.24, 2.45) is 0 Å². The molecule has 0 saturated carbocycles. The lowest BCUT2D eigenvalue weighted by atomic mass is 10.2. The van der Waals surface area contributed by atoms with Gasteiger partial charge in [-0.05, 0) is 25.0 Å². The molecule has 1 atom stereocenters. The maximum Gasteiger partial charge on any atom is 0.273 e. The standard InChI is InChI=1S/C15H14N4O2/c20-15-9-12(13-5-3-7-21-13)17-14-8-11(18-19(14)15)10-4-1-2-6-16-10/h1-2,4,6,8-9,13,18H,3,5,7H2. The van der Waals surface area contributed by atoms with Gasteiger partial charge in [0.15, 0.2) is 5.65 Å². The molecule has 1 aliphatic rings. The van der Waals surface area contributed by atoms with Gasteiger partial charge in [0.05, 0.1) is 23.2 Å². The molecule has 6 heteroatoms. The van der Waals surface area contributed by atoms with Crippen molar-refractivity contribution in [3.63, 3.8) is 0 Å². The Bertz CT molecular complexity index is 832. The molecule has 0 spiro atoms. The van der Waals surface area contributed by atoms with Gasteiger partial charge in [0.1, 0.15) is 0 Å². The van der Waals surface area contributed by atoms with E-state index in [1.165, 1.54) is 4.52 Å². The fourth-order valence-corrected chi connectivity index (χ4v) is 2.64. The van der Waals surface area contributed by atoms with Gasteiger partial charge in [0.25, 0.3) is 5.56 Å². The summed E-state index contributed by atoms with van der Waals surface area (Å²) in [5.41, 5.74) is 2.72. The molecule has 1 N–H and O–H groups in total. The molecule has 21 heavy (non-hydrogen) atoms. The predicted molar refractivity (Wildman–Crippen MR) is 77.0 cm³/mol. The zero-order valence-electron chi connectivity index (χ0n) is 11.3. The summed E-state index contributed by atoms with van der Waals surface area (Å²) in [6.45, 7) is 0.734. The van der Waals surface area contributed by atoms with E-state index in [0.717, 1.165) is 30.8 Å². The number of aromatic nitrogens is 4. The van der Waals surface area contributed by atoms with E-state index in [-0.39, 0.29) is 11.7 Å². The van der Waals surface area contributed by atoms with Crippen LogP contribution in [0.1, 0.15) is 24.6 Å². The first-order valence-electron chi connectivity index (χ1n) is 6.97. The highest BCUT2D eigenvalue weighted by Crippen LogP contribution is 2.26. The van der Waals surface area contributed by atoms with Crippen LogP contribution in [0.3, 0.4) is 0 Å². The number of nitrogens with zero attached hydrogens (tertiary/aromatic N) is 3. The third-order valence-corrected chi connectivity index (χ3v) is 3.67. The van der Waals surface area contributed by atoms with E-state index in [1.54, 1.807) is 12.3 Å². The van der Waals surface area contributed by atoms with Crippen LogP contribution in [0.2, 0.25) is 0 Å². The highest BCUT2D eigenvalue weighted by Gasteiger charge is 2.20. The minimum atomic E-state index is -0.132. The number of hydrogen-bond acceptors (Lipinski definition) is 4. The van der Waals surface area contributed by atoms with Gasteiger partial charge in [0, 0.05) is 24.9 Å². The molecule has 1 aliphatic heterocycles. The van der Waals surface area contributed by atoms with Crippen molar-refractivity contribution in [1.29, 1.82) is 0 Å². The Morgan fingerprint density at radius 3 is 3.05 bits per heavy atom. The van der Waals surface area contributed by atoms with Crippen LogP contribution in [0, 0.1) is 0 Å². The highest BCUT2D eigenvalue weighted by atomic mass is 16.5. The average Bonchev–Trinajstić information content (AvgIpc) is 3.17. The summed E-state index contributed by atoms with van der Waals surface area (Å²) in [5.74, 6) is 0. The summed E-state index contributed by atoms with van der Waals surface area (Å²) in [6.07, 6.45) is 3.59. The predicted octanol–water partition coefficient (Wildman–Crippen LogP) is 1.94. The van der Waals surface area contributed by atoms with Crippen molar-refractivity contribution in [3.05, 3.63) is 52.6 Å². The molecule has 0 aromatic carbocycles. The van der Waals surface area contributed by atoms with E-state index in [9.17, 15) is 4.79 Å². The van der Waals surface area contributed by atoms with Gasteiger partial charge in [-0.2, -0.15) is 0 Å². The molecule has 3 aromatic heterocycles. The quantitative estimate of drug-likeness (QED) is 0.779. The molecule has 1 unspecified atom stereocenters. The number of nitrogens with one attached hydrogen (secondary N) is 1. The fourth-order valence-electron chi connectivity index (χ4n) is 2.64. The van der Waals surface area contributed by atoms with E-state index in [1.807, 2.05) is 24.3 Å². The van der Waals surface area contributed by atoms with Crippen LogP contribution in [0.5, 0.6) is 0 Å². The lowest BCUT2D eigenvalue weighted by Crippen LogP contribution is -2.16. The second kappa shape index (κ2) is 4.82. The molecule has 0 radical (unpaired) electrons. The Labute approximate surface area is 120 Å². The summed E-state index contributed by atoms with van der Waals surface area (Å²) in [4.78, 5) is 21.0. The van der Waals surface area contributed by atoms with E-state index >= 15 is 0 Å². The van der Waals surface area contributed by atoms with Gasteiger partial charge in [0.2, 0.25) is 0 Å². The zero-order chi connectivity index (χ0) is 14.2. The molecule has 1 saturated heterocycles. The highest BCUT2D eigenvalue weighted by molar-refractivity contribution is 5.60. The smallest absolute Gasteiger partial charge is 0.273 e. The monoisotopic (exact) mass is 282 g/mol. The lowest BCUT2D eigenvalue weighted by Gasteiger charge is -2.07. The summed E-state index contributed by atoms with van der Waals surface area (Å²) < 4.78 is 7.03. The minimum absolute atomic E-state index is 0.0594. The van der Waals surface area contributed by atoms with Crippen LogP contribution in [-0.4, -0.2) is 26.2 Å². The third kappa shape index (κ3) is 2.13. The number of pyridine rings is 1. The van der Waals surface area contributed by atoms with Crippen LogP contribution >= 0.6 is 0 Å². The van der Waals surface area contributed by atoms with E-state index in [2.05, 4.69) is 15.1 Å². The molecule has 6 nitrogen and oxygen atoms in total. The second-order valence-corrected chi connectivity index (χ2v) is 5.10. The Kier molecular flexibility index (Phi) is 2.82. The molecule has 4 rings (SSSR count). The normalized spacial score (nSPS) is 18.4. The SMILES string of the molecule is O=c1cc(C2CCCO2)nc2cc(-c3ccccn3)[nH]n12. The third-order valence-electron chi connectivity index (χ3n) is 3.67. The molecule has 0 bridgehead atoms. The van der Waals surface area contributed by atoms with Crippen molar-refractivity contribution in [3.8, 4) is 11.4 Å². The molecular formula is C15H14N4O2. The first kappa shape index (κ1) is 12.3. The maximum absolute atomic E-state index is 12.2. The van der Waals surface area contributed by atoms with Crippen LogP contribution < -0.4 is 5.56 Å². The van der Waals surface area contributed by atoms with E-state index in [4.69, 9.17) is 4.74 Å². The number of H-pyrrole nitrogens is 1. The van der Waals surface area contributed by atoms with E-state index < -0.39 is 0 Å². The van der Waals surface area contributed by atoms with Crippen molar-refractivity contribution < 1.29 is 4.74 Å². The number of hydrogen-bond donors (Lipinski definition) is 1. The Morgan fingerprint density at radius 2 is 2.29 bits per heavy atom. The largest absolute Gasteiger partial charge is 0.372 e. The number of rotatable bonds is 2. The molecule has 4 heterocycles. The molecule has 0 aliphatic carbocycles. The van der Waals surface area contributed by atoms with Crippen molar-refractivity contribution >= 4 is 5.65 Å². The summed E-state index contributed by atoms with van der Waals surface area (Å²) in [5, 5.41) is 3.04. The zero-order valence-corrected chi connectivity index (χ0v) is 11.3. The first-order valence-corrected chi connectivity index (χ1v) is 6.97. The number of ether oxygens (including phenoxy) is 1. The van der Waals surface area contributed by atoms with Crippen LogP contribution in [0.4, 0.5) is 0 Å². The first-order chi connectivity index (χ1) is 10.3. The van der Waals surface area contributed by atoms with Crippen molar-refractivity contribution in [2.75, 3.05) is 6.61 Å². The number of fused-ring (bicyclic) bond motifs is 1. The van der Waals surface area contributed by atoms with Gasteiger partial charge >= 0.3 is 0 Å². The van der Waals surface area contributed by atoms with Crippen molar-refractivity contribution in [1.82, 2.24) is 19.6 Å². The second-order valence-electron chi connectivity index (χ2n) is 5.10. The molecule has 1 fully saturated rings. The average molecular weight is 282 g/mol. The lowest BCUT2D eigenvalue weighted by molar-refractivity contribution is 0.108. The van der Waals surface area contributed by atoms with Crippen LogP contribution in [0.25, 0.3) is 17.0 Å². The van der Waals surface area contributed by atoms with Gasteiger partial charge in [-0.25, -0.2) is 9.50 Å². The van der Waals surface area contributed by atoms with E-state index in [0.29, 0.717) is 11.3 Å². The summed E-state index contributed by atoms with van der Waals surface area (Å²) in [6, 6.07) is 9.02. The summed E-state index contributed by atoms with van der Waals surface area (Å²) >= 11 is 0. The van der Waals surface area contributed by atoms with Crippen LogP contribution in [0.15, 0.2) is 41.3 Å². The Hall–Kier alpha value is -2.47. The van der Waals surface area contributed by atoms with Crippen LogP contribution in [-0.2, 0) is 4.74 Å². The van der Waals surface area contributed by atoms with Gasteiger partial charge < -0.3 is 4.74 Å². The molecule has 106 valence electrons. The summed E-state index contributed by atoms with van der Waals surface area (Å²) in [7, 11) is 0. The van der Waals surface area contributed by atoms with Crippen molar-refractivity contribution in [2.45, 2.75) is 18.9 Å². The van der Waals surface area contributed by atoms with Gasteiger partial charge in [-0.3, -0.25) is 14.9 Å². The molecular weight excluding hydrogens is 268 g/mol. The topological polar surface area (TPSA) is 72.3 Å². The molecule has 0 amide bonds. The fraction of sp³-hybridized carbons (Fsp3) is 0.267. The number of aromatic amines is 1. The maximum atomic E-state index is 12.2.